The molecule has 0 saturated carbocycles. The lowest BCUT2D eigenvalue weighted by Gasteiger charge is -2.25. The van der Waals surface area contributed by atoms with Gasteiger partial charge in [0.05, 0.1) is 12.5 Å². The third-order valence-electron chi connectivity index (χ3n) is 3.12. The van der Waals surface area contributed by atoms with Gasteiger partial charge in [0, 0.05) is 0 Å². The molecule has 0 aliphatic rings. The van der Waals surface area contributed by atoms with E-state index in [0.29, 0.717) is 0 Å². The maximum Gasteiger partial charge on any atom is 0.119 e. The minimum absolute atomic E-state index is 0.0176. The van der Waals surface area contributed by atoms with Crippen LogP contribution in [0.15, 0.2) is 36.4 Å². The maximum atomic E-state index is 6.52. The third-order valence-corrected chi connectivity index (χ3v) is 4.03. The summed E-state index contributed by atoms with van der Waals surface area (Å²) in [6, 6.07) is 12.5. The number of benzene rings is 2. The molecule has 0 aliphatic carbocycles. The Hall–Kier alpha value is -1.21. The van der Waals surface area contributed by atoms with Gasteiger partial charge in [-0.25, -0.2) is 0 Å². The molecule has 0 bridgehead atoms. The number of rotatable bonds is 2. The van der Waals surface area contributed by atoms with Gasteiger partial charge in [-0.2, -0.15) is 0 Å². The first-order valence-electron chi connectivity index (χ1n) is 6.13. The van der Waals surface area contributed by atoms with Gasteiger partial charge in [-0.3, -0.25) is 0 Å². The van der Waals surface area contributed by atoms with E-state index >= 15 is 0 Å². The predicted molar refractivity (Wildman–Crippen MR) is 78.5 cm³/mol. The summed E-state index contributed by atoms with van der Waals surface area (Å²) in [5.74, 6) is 0.883. The normalized spacial score (nSPS) is 13.6. The number of fused-ring (bicyclic) bond motifs is 1. The van der Waals surface area contributed by atoms with Crippen LogP contribution in [0.1, 0.15) is 31.7 Å². The van der Waals surface area contributed by atoms with E-state index in [1.54, 1.807) is 7.11 Å². The van der Waals surface area contributed by atoms with Crippen LogP contribution in [0.2, 0.25) is 0 Å². The van der Waals surface area contributed by atoms with Gasteiger partial charge < -0.3 is 4.74 Å². The first kappa shape index (κ1) is 13.2. The molecular weight excluding hydrogens is 244 g/mol. The minimum Gasteiger partial charge on any atom is -0.497 e. The predicted octanol–water partition coefficient (Wildman–Crippen LogP) is 5.17. The molecule has 1 unspecified atom stereocenters. The molecule has 18 heavy (non-hydrogen) atoms. The van der Waals surface area contributed by atoms with E-state index in [9.17, 15) is 0 Å². The average molecular weight is 263 g/mol. The molecule has 0 amide bonds. The van der Waals surface area contributed by atoms with E-state index in [1.807, 2.05) is 12.1 Å². The van der Waals surface area contributed by atoms with E-state index in [0.717, 1.165) is 5.75 Å². The molecule has 1 nitrogen and oxygen atoms in total. The van der Waals surface area contributed by atoms with Crippen molar-refractivity contribution in [2.45, 2.75) is 26.1 Å². The van der Waals surface area contributed by atoms with Crippen LogP contribution in [-0.4, -0.2) is 7.11 Å². The fourth-order valence-electron chi connectivity index (χ4n) is 2.03. The zero-order chi connectivity index (χ0) is 13.3. The molecule has 0 N–H and O–H groups in total. The van der Waals surface area contributed by atoms with Crippen LogP contribution in [0.25, 0.3) is 10.8 Å². The average Bonchev–Trinajstić information content (AvgIpc) is 2.35. The number of alkyl halides is 1. The minimum atomic E-state index is 0.0176. The number of hydrogen-bond donors (Lipinski definition) is 0. The van der Waals surface area contributed by atoms with Crippen molar-refractivity contribution in [1.29, 1.82) is 0 Å². The smallest absolute Gasteiger partial charge is 0.119 e. The summed E-state index contributed by atoms with van der Waals surface area (Å²) in [6.07, 6.45) is 0. The Balaban J connectivity index is 2.45. The van der Waals surface area contributed by atoms with Gasteiger partial charge in [0.1, 0.15) is 5.75 Å². The summed E-state index contributed by atoms with van der Waals surface area (Å²) in [4.78, 5) is 0. The molecule has 0 aromatic heterocycles. The van der Waals surface area contributed by atoms with Crippen LogP contribution in [0.3, 0.4) is 0 Å². The second kappa shape index (κ2) is 4.81. The summed E-state index contributed by atoms with van der Waals surface area (Å²) in [5.41, 5.74) is 1.23. The van der Waals surface area contributed by atoms with Crippen molar-refractivity contribution in [2.75, 3.05) is 7.11 Å². The molecule has 0 saturated heterocycles. The number of methoxy groups -OCH3 is 1. The molecule has 1 atom stereocenters. The standard InChI is InChI=1S/C16H19ClO/c1-16(2,3)15(17)13-6-5-12-10-14(18-4)8-7-11(12)9-13/h5-10,15H,1-4H3. The van der Waals surface area contributed by atoms with E-state index in [1.165, 1.54) is 16.3 Å². The lowest BCUT2D eigenvalue weighted by Crippen LogP contribution is -2.13. The maximum absolute atomic E-state index is 6.52. The van der Waals surface area contributed by atoms with Crippen molar-refractivity contribution in [3.05, 3.63) is 42.0 Å². The Morgan fingerprint density at radius 1 is 1.00 bits per heavy atom. The molecule has 0 fully saturated rings. The van der Waals surface area contributed by atoms with Crippen molar-refractivity contribution in [2.24, 2.45) is 5.41 Å². The zero-order valence-electron chi connectivity index (χ0n) is 11.3. The quantitative estimate of drug-likeness (QED) is 0.678. The molecule has 2 rings (SSSR count). The summed E-state index contributed by atoms with van der Waals surface area (Å²) in [5, 5.41) is 2.39. The van der Waals surface area contributed by atoms with Gasteiger partial charge in [0.15, 0.2) is 0 Å². The van der Waals surface area contributed by atoms with E-state index in [2.05, 4.69) is 45.0 Å². The second-order valence-electron chi connectivity index (χ2n) is 5.70. The van der Waals surface area contributed by atoms with Crippen molar-refractivity contribution in [3.8, 4) is 5.75 Å². The molecule has 2 heteroatoms. The Bertz CT molecular complexity index is 555. The Morgan fingerprint density at radius 3 is 2.22 bits per heavy atom. The SMILES string of the molecule is COc1ccc2cc(C(Cl)C(C)(C)C)ccc2c1. The van der Waals surface area contributed by atoms with Gasteiger partial charge in [-0.05, 0) is 39.9 Å². The van der Waals surface area contributed by atoms with E-state index in [-0.39, 0.29) is 10.8 Å². The molecule has 96 valence electrons. The van der Waals surface area contributed by atoms with E-state index in [4.69, 9.17) is 16.3 Å². The molecule has 0 heterocycles. The topological polar surface area (TPSA) is 9.23 Å². The van der Waals surface area contributed by atoms with Gasteiger partial charge in [0.25, 0.3) is 0 Å². The van der Waals surface area contributed by atoms with Crippen molar-refractivity contribution < 1.29 is 4.74 Å². The monoisotopic (exact) mass is 262 g/mol. The van der Waals surface area contributed by atoms with Gasteiger partial charge in [-0.1, -0.05) is 39.0 Å². The number of ether oxygens (including phenoxy) is 1. The van der Waals surface area contributed by atoms with E-state index < -0.39 is 0 Å². The molecule has 0 aliphatic heterocycles. The molecular formula is C16H19ClO. The third kappa shape index (κ3) is 2.62. The Morgan fingerprint density at radius 2 is 1.61 bits per heavy atom. The first-order valence-corrected chi connectivity index (χ1v) is 6.57. The lowest BCUT2D eigenvalue weighted by atomic mass is 9.87. The summed E-state index contributed by atoms with van der Waals surface area (Å²) in [7, 11) is 1.68. The van der Waals surface area contributed by atoms with Crippen LogP contribution in [0.4, 0.5) is 0 Å². The molecule has 0 radical (unpaired) electrons. The highest BCUT2D eigenvalue weighted by Gasteiger charge is 2.23. The zero-order valence-corrected chi connectivity index (χ0v) is 12.1. The van der Waals surface area contributed by atoms with Crippen LogP contribution in [0.5, 0.6) is 5.75 Å². The van der Waals surface area contributed by atoms with Gasteiger partial charge in [-0.15, -0.1) is 11.6 Å². The second-order valence-corrected chi connectivity index (χ2v) is 6.14. The van der Waals surface area contributed by atoms with Crippen molar-refractivity contribution in [1.82, 2.24) is 0 Å². The van der Waals surface area contributed by atoms with Crippen LogP contribution >= 0.6 is 11.6 Å². The Kier molecular flexibility index (Phi) is 3.54. The Labute approximate surface area is 114 Å². The lowest BCUT2D eigenvalue weighted by molar-refractivity contribution is 0.396. The number of halogens is 1. The highest BCUT2D eigenvalue weighted by molar-refractivity contribution is 6.21. The molecule has 0 spiro atoms. The van der Waals surface area contributed by atoms with Gasteiger partial charge in [0.2, 0.25) is 0 Å². The van der Waals surface area contributed by atoms with Gasteiger partial charge >= 0.3 is 0 Å². The highest BCUT2D eigenvalue weighted by atomic mass is 35.5. The largest absolute Gasteiger partial charge is 0.497 e. The van der Waals surface area contributed by atoms with Crippen molar-refractivity contribution >= 4 is 22.4 Å². The van der Waals surface area contributed by atoms with Crippen molar-refractivity contribution in [3.63, 3.8) is 0 Å². The van der Waals surface area contributed by atoms with Crippen LogP contribution in [0, 0.1) is 5.41 Å². The summed E-state index contributed by atoms with van der Waals surface area (Å²) < 4.78 is 5.23. The highest BCUT2D eigenvalue weighted by Crippen LogP contribution is 2.39. The molecule has 2 aromatic rings. The summed E-state index contributed by atoms with van der Waals surface area (Å²) >= 11 is 6.52. The van der Waals surface area contributed by atoms with Crippen LogP contribution < -0.4 is 4.74 Å². The van der Waals surface area contributed by atoms with Crippen LogP contribution in [-0.2, 0) is 0 Å². The fourth-order valence-corrected chi connectivity index (χ4v) is 2.16. The number of hydrogen-bond acceptors (Lipinski definition) is 1. The summed E-state index contributed by atoms with van der Waals surface area (Å²) in [6.45, 7) is 6.47. The fraction of sp³-hybridized carbons (Fsp3) is 0.375. The molecule has 2 aromatic carbocycles. The first-order chi connectivity index (χ1) is 8.41.